The molecule has 0 saturated carbocycles. The van der Waals surface area contributed by atoms with Crippen molar-refractivity contribution in [3.05, 3.63) is 12.2 Å². The number of esters is 2. The maximum atomic E-state index is 12.9. The Balaban J connectivity index is 2.19. The van der Waals surface area contributed by atoms with Crippen molar-refractivity contribution < 1.29 is 53.8 Å². The van der Waals surface area contributed by atoms with E-state index in [9.17, 15) is 34.8 Å². The van der Waals surface area contributed by atoms with Gasteiger partial charge in [-0.2, -0.15) is 0 Å². The quantitative estimate of drug-likeness (QED) is 0.0260. The van der Waals surface area contributed by atoms with Gasteiger partial charge in [0.15, 0.2) is 18.5 Å². The molecule has 0 spiro atoms. The number of aliphatic carboxylic acids is 1. The first-order valence-electron chi connectivity index (χ1n) is 31.2. The van der Waals surface area contributed by atoms with E-state index in [1.54, 1.807) is 0 Å². The van der Waals surface area contributed by atoms with E-state index < -0.39 is 54.7 Å². The second-order valence-corrected chi connectivity index (χ2v) is 21.9. The highest BCUT2D eigenvalue weighted by atomic mass is 16.7. The van der Waals surface area contributed by atoms with Gasteiger partial charge in [0, 0.05) is 12.8 Å². The Bertz CT molecular complexity index is 1260. The van der Waals surface area contributed by atoms with Gasteiger partial charge in [0.2, 0.25) is 0 Å². The summed E-state index contributed by atoms with van der Waals surface area (Å²) < 4.78 is 21.9. The largest absolute Gasteiger partial charge is 0.479 e. The second kappa shape index (κ2) is 52.0. The zero-order valence-electron chi connectivity index (χ0n) is 47.4. The summed E-state index contributed by atoms with van der Waals surface area (Å²) in [5.74, 6) is -2.42. The van der Waals surface area contributed by atoms with E-state index >= 15 is 0 Å². The lowest BCUT2D eigenvalue weighted by atomic mass is 9.99. The van der Waals surface area contributed by atoms with Gasteiger partial charge in [0.05, 0.1) is 6.61 Å². The first-order chi connectivity index (χ1) is 35.7. The molecule has 0 bridgehead atoms. The van der Waals surface area contributed by atoms with E-state index in [-0.39, 0.29) is 26.1 Å². The van der Waals surface area contributed by atoms with Crippen LogP contribution in [0.25, 0.3) is 0 Å². The predicted octanol–water partition coefficient (Wildman–Crippen LogP) is 16.3. The highest BCUT2D eigenvalue weighted by Gasteiger charge is 2.47. The molecule has 0 amide bonds. The molecule has 430 valence electrons. The van der Waals surface area contributed by atoms with Gasteiger partial charge in [-0.15, -0.1) is 0 Å². The van der Waals surface area contributed by atoms with Crippen molar-refractivity contribution in [2.75, 3.05) is 13.2 Å². The average Bonchev–Trinajstić information content (AvgIpc) is 3.38. The molecule has 73 heavy (non-hydrogen) atoms. The Morgan fingerprint density at radius 3 is 1.07 bits per heavy atom. The van der Waals surface area contributed by atoms with Crippen LogP contribution in [0.3, 0.4) is 0 Å². The van der Waals surface area contributed by atoms with Gasteiger partial charge in [-0.05, 0) is 38.5 Å². The number of allylic oxidation sites excluding steroid dienone is 2. The Morgan fingerprint density at radius 2 is 0.726 bits per heavy atom. The lowest BCUT2D eigenvalue weighted by Gasteiger charge is -2.38. The molecular formula is C62H116O11. The standard InChI is InChI=1S/C62H116O11/c1-3-5-7-9-11-13-15-17-19-21-23-25-27-29-31-33-35-37-39-41-43-45-47-49-51-56(64)72-54(53-71-62-59(67)57(65)58(66)60(73-62)61(68)69)52-70-55(63)50-48-46-44-42-40-38-36-34-32-30-28-26-24-22-20-18-16-14-12-10-8-6-4-2/h22,24,54,57-60,62,65-67H,3-21,23,25-53H2,1-2H3,(H,68,69)/b24-22-. The molecule has 11 heteroatoms. The minimum Gasteiger partial charge on any atom is -0.479 e. The molecule has 0 aromatic rings. The number of carboxylic acid groups (broad SMARTS) is 1. The van der Waals surface area contributed by atoms with Crippen molar-refractivity contribution in [2.24, 2.45) is 0 Å². The van der Waals surface area contributed by atoms with Crippen LogP contribution in [0, 0.1) is 0 Å². The lowest BCUT2D eigenvalue weighted by molar-refractivity contribution is -0.298. The first-order valence-corrected chi connectivity index (χ1v) is 31.2. The molecule has 6 unspecified atom stereocenters. The fourth-order valence-electron chi connectivity index (χ4n) is 10.00. The monoisotopic (exact) mass is 1040 g/mol. The number of carbonyl (C=O) groups is 3. The SMILES string of the molecule is CCCCCCCCCC/C=C\CCCCCCCCCCCCCC(=O)OCC(COC1OC(C(=O)O)C(O)C(O)C1O)OC(=O)CCCCCCCCCCCCCCCCCCCCCCCCCC. The van der Waals surface area contributed by atoms with Crippen molar-refractivity contribution in [3.8, 4) is 0 Å². The Kier molecular flexibility index (Phi) is 49.1. The average molecular weight is 1040 g/mol. The number of hydrogen-bond acceptors (Lipinski definition) is 10. The van der Waals surface area contributed by atoms with Gasteiger partial charge in [-0.1, -0.05) is 276 Å². The molecule has 0 aromatic carbocycles. The molecule has 1 aliphatic rings. The van der Waals surface area contributed by atoms with Crippen molar-refractivity contribution in [1.29, 1.82) is 0 Å². The number of unbranched alkanes of at least 4 members (excludes halogenated alkanes) is 42. The molecule has 1 aliphatic heterocycles. The number of ether oxygens (including phenoxy) is 4. The van der Waals surface area contributed by atoms with E-state index in [1.807, 2.05) is 0 Å². The summed E-state index contributed by atoms with van der Waals surface area (Å²) in [5, 5.41) is 40.1. The van der Waals surface area contributed by atoms with Crippen molar-refractivity contribution >= 4 is 17.9 Å². The van der Waals surface area contributed by atoms with E-state index in [1.165, 1.54) is 238 Å². The molecule has 0 aliphatic carbocycles. The summed E-state index contributed by atoms with van der Waals surface area (Å²) in [6.45, 7) is 3.89. The summed E-state index contributed by atoms with van der Waals surface area (Å²) >= 11 is 0. The molecule has 1 saturated heterocycles. The molecule has 4 N–H and O–H groups in total. The number of rotatable bonds is 55. The summed E-state index contributed by atoms with van der Waals surface area (Å²) in [6.07, 6.45) is 52.8. The van der Waals surface area contributed by atoms with Crippen LogP contribution in [0.4, 0.5) is 0 Å². The van der Waals surface area contributed by atoms with Crippen LogP contribution in [0.1, 0.15) is 316 Å². The third-order valence-corrected chi connectivity index (χ3v) is 14.9. The van der Waals surface area contributed by atoms with Gasteiger partial charge >= 0.3 is 17.9 Å². The van der Waals surface area contributed by atoms with Gasteiger partial charge in [-0.25, -0.2) is 4.79 Å². The zero-order chi connectivity index (χ0) is 53.1. The van der Waals surface area contributed by atoms with Crippen LogP contribution in [0.2, 0.25) is 0 Å². The van der Waals surface area contributed by atoms with Gasteiger partial charge in [0.1, 0.15) is 24.9 Å². The van der Waals surface area contributed by atoms with Crippen LogP contribution in [-0.2, 0) is 33.3 Å². The van der Waals surface area contributed by atoms with Crippen molar-refractivity contribution in [1.82, 2.24) is 0 Å². The number of hydrogen-bond donors (Lipinski definition) is 4. The smallest absolute Gasteiger partial charge is 0.335 e. The van der Waals surface area contributed by atoms with E-state index in [4.69, 9.17) is 18.9 Å². The third-order valence-electron chi connectivity index (χ3n) is 14.9. The maximum Gasteiger partial charge on any atom is 0.335 e. The lowest BCUT2D eigenvalue weighted by Crippen LogP contribution is -2.60. The topological polar surface area (TPSA) is 169 Å². The fourth-order valence-corrected chi connectivity index (χ4v) is 10.00. The summed E-state index contributed by atoms with van der Waals surface area (Å²) in [5.41, 5.74) is 0. The van der Waals surface area contributed by atoms with E-state index in [0.717, 1.165) is 38.5 Å². The molecule has 0 radical (unpaired) electrons. The number of aliphatic hydroxyl groups is 3. The molecular weight excluding hydrogens is 921 g/mol. The predicted molar refractivity (Wildman–Crippen MR) is 299 cm³/mol. The normalized spacial score (nSPS) is 18.4. The number of carboxylic acids is 1. The molecule has 6 atom stereocenters. The molecule has 0 aromatic heterocycles. The molecule has 1 rings (SSSR count). The highest BCUT2D eigenvalue weighted by Crippen LogP contribution is 2.24. The Labute approximate surface area is 447 Å². The summed E-state index contributed by atoms with van der Waals surface area (Å²) in [7, 11) is 0. The number of carbonyl (C=O) groups excluding carboxylic acids is 2. The molecule has 11 nitrogen and oxygen atoms in total. The van der Waals surface area contributed by atoms with Gasteiger partial charge < -0.3 is 39.4 Å². The van der Waals surface area contributed by atoms with Crippen LogP contribution in [0.5, 0.6) is 0 Å². The fraction of sp³-hybridized carbons (Fsp3) is 0.919. The van der Waals surface area contributed by atoms with E-state index in [0.29, 0.717) is 12.8 Å². The minimum absolute atomic E-state index is 0.190. The minimum atomic E-state index is -1.86. The van der Waals surface area contributed by atoms with Crippen LogP contribution in [-0.4, -0.2) is 88.4 Å². The number of aliphatic hydroxyl groups excluding tert-OH is 3. The van der Waals surface area contributed by atoms with Crippen LogP contribution >= 0.6 is 0 Å². The zero-order valence-corrected chi connectivity index (χ0v) is 47.4. The summed E-state index contributed by atoms with van der Waals surface area (Å²) in [6, 6.07) is 0. The third kappa shape index (κ3) is 42.7. The maximum absolute atomic E-state index is 12.9. The second-order valence-electron chi connectivity index (χ2n) is 21.9. The van der Waals surface area contributed by atoms with Gasteiger partial charge in [0.25, 0.3) is 0 Å². The van der Waals surface area contributed by atoms with Crippen molar-refractivity contribution in [3.63, 3.8) is 0 Å². The summed E-state index contributed by atoms with van der Waals surface area (Å²) in [4.78, 5) is 37.2. The Morgan fingerprint density at radius 1 is 0.411 bits per heavy atom. The van der Waals surface area contributed by atoms with Crippen molar-refractivity contribution in [2.45, 2.75) is 352 Å². The Hall–Kier alpha value is -2.05. The molecule has 1 fully saturated rings. The van der Waals surface area contributed by atoms with Crippen LogP contribution < -0.4 is 0 Å². The van der Waals surface area contributed by atoms with E-state index in [2.05, 4.69) is 26.0 Å². The first kappa shape index (κ1) is 69.0. The van der Waals surface area contributed by atoms with Gasteiger partial charge in [-0.3, -0.25) is 9.59 Å². The van der Waals surface area contributed by atoms with Crippen LogP contribution in [0.15, 0.2) is 12.2 Å². The molecule has 1 heterocycles. The highest BCUT2D eigenvalue weighted by molar-refractivity contribution is 5.73.